The van der Waals surface area contributed by atoms with E-state index in [4.69, 9.17) is 4.52 Å². The summed E-state index contributed by atoms with van der Waals surface area (Å²) in [4.78, 5) is 9.19. The standard InChI is InChI=1S/C15H28N6O3S/c1-3-16-15(17-6-4-7-18-25(2,22)23)21-10-8-20(9-11-21)13-14-5-12-24-19-14/h5,12,18H,3-4,6-11,13H2,1-2H3,(H,16,17). The third-order valence-electron chi connectivity index (χ3n) is 3.84. The van der Waals surface area contributed by atoms with Gasteiger partial charge in [-0.3, -0.25) is 9.89 Å². The van der Waals surface area contributed by atoms with Gasteiger partial charge in [0.25, 0.3) is 0 Å². The smallest absolute Gasteiger partial charge is 0.208 e. The number of aromatic nitrogens is 1. The number of hydrogen-bond acceptors (Lipinski definition) is 6. The number of aliphatic imine (C=N–C) groups is 1. The van der Waals surface area contributed by atoms with Crippen LogP contribution in [0.2, 0.25) is 0 Å². The molecule has 2 rings (SSSR count). The second kappa shape index (κ2) is 9.73. The monoisotopic (exact) mass is 372 g/mol. The van der Waals surface area contributed by atoms with Crippen LogP contribution in [0.15, 0.2) is 21.8 Å². The molecule has 9 nitrogen and oxygen atoms in total. The first-order valence-electron chi connectivity index (χ1n) is 8.57. The van der Waals surface area contributed by atoms with Crippen LogP contribution in [0.1, 0.15) is 19.0 Å². The molecule has 0 aromatic carbocycles. The fourth-order valence-electron chi connectivity index (χ4n) is 2.61. The molecule has 0 unspecified atom stereocenters. The third-order valence-corrected chi connectivity index (χ3v) is 4.57. The quantitative estimate of drug-likeness (QED) is 0.367. The van der Waals surface area contributed by atoms with Crippen LogP contribution in [0.5, 0.6) is 0 Å². The van der Waals surface area contributed by atoms with Gasteiger partial charge >= 0.3 is 0 Å². The minimum absolute atomic E-state index is 0.410. The minimum Gasteiger partial charge on any atom is -0.364 e. The Hall–Kier alpha value is -1.65. The van der Waals surface area contributed by atoms with Crippen molar-refractivity contribution in [2.45, 2.75) is 19.9 Å². The number of rotatable bonds is 8. The number of nitrogens with zero attached hydrogens (tertiary/aromatic N) is 4. The van der Waals surface area contributed by atoms with Crippen LogP contribution in [-0.2, 0) is 16.6 Å². The van der Waals surface area contributed by atoms with E-state index >= 15 is 0 Å². The molecule has 0 aliphatic carbocycles. The molecule has 0 bridgehead atoms. The van der Waals surface area contributed by atoms with E-state index in [0.717, 1.165) is 50.9 Å². The van der Waals surface area contributed by atoms with Gasteiger partial charge in [-0.25, -0.2) is 13.1 Å². The molecule has 0 spiro atoms. The van der Waals surface area contributed by atoms with Crippen LogP contribution in [0.4, 0.5) is 0 Å². The van der Waals surface area contributed by atoms with Crippen molar-refractivity contribution in [1.29, 1.82) is 0 Å². The molecule has 25 heavy (non-hydrogen) atoms. The van der Waals surface area contributed by atoms with E-state index in [9.17, 15) is 8.42 Å². The lowest BCUT2D eigenvalue weighted by atomic mass is 10.3. The fraction of sp³-hybridized carbons (Fsp3) is 0.733. The van der Waals surface area contributed by atoms with Crippen molar-refractivity contribution in [1.82, 2.24) is 25.0 Å². The third kappa shape index (κ3) is 7.41. The Bertz CT molecular complexity index is 624. The summed E-state index contributed by atoms with van der Waals surface area (Å²) in [5.74, 6) is 0.892. The van der Waals surface area contributed by atoms with Crippen LogP contribution in [0, 0.1) is 0 Å². The van der Waals surface area contributed by atoms with E-state index in [1.54, 1.807) is 6.26 Å². The SMILES string of the molecule is CCNC(=NCCCNS(C)(=O)=O)N1CCN(Cc2ccon2)CC1. The molecule has 0 radical (unpaired) electrons. The van der Waals surface area contributed by atoms with E-state index < -0.39 is 10.0 Å². The minimum atomic E-state index is -3.13. The van der Waals surface area contributed by atoms with Gasteiger partial charge in [-0.2, -0.15) is 0 Å². The summed E-state index contributed by atoms with van der Waals surface area (Å²) in [6.07, 6.45) is 3.44. The van der Waals surface area contributed by atoms with Crippen LogP contribution >= 0.6 is 0 Å². The maximum Gasteiger partial charge on any atom is 0.208 e. The van der Waals surface area contributed by atoms with Gasteiger partial charge in [0.15, 0.2) is 5.96 Å². The van der Waals surface area contributed by atoms with E-state index in [0.29, 0.717) is 19.5 Å². The first-order chi connectivity index (χ1) is 12.0. The average molecular weight is 372 g/mol. The van der Waals surface area contributed by atoms with Gasteiger partial charge in [-0.05, 0) is 13.3 Å². The Morgan fingerprint density at radius 2 is 2.12 bits per heavy atom. The maximum absolute atomic E-state index is 11.0. The molecule has 0 saturated carbocycles. The summed E-state index contributed by atoms with van der Waals surface area (Å²) < 4.78 is 29.4. The number of hydrogen-bond donors (Lipinski definition) is 2. The molecule has 1 fully saturated rings. The second-order valence-electron chi connectivity index (χ2n) is 6.01. The van der Waals surface area contributed by atoms with Crippen molar-refractivity contribution in [3.05, 3.63) is 18.0 Å². The summed E-state index contributed by atoms with van der Waals surface area (Å²) in [6, 6.07) is 1.89. The Balaban J connectivity index is 1.77. The van der Waals surface area contributed by atoms with Gasteiger partial charge in [0.1, 0.15) is 6.26 Å². The van der Waals surface area contributed by atoms with E-state index in [1.165, 1.54) is 6.26 Å². The lowest BCUT2D eigenvalue weighted by Gasteiger charge is -2.36. The van der Waals surface area contributed by atoms with Crippen LogP contribution in [0.3, 0.4) is 0 Å². The topological polar surface area (TPSA) is 103 Å². The molecule has 1 saturated heterocycles. The zero-order chi connectivity index (χ0) is 18.1. The highest BCUT2D eigenvalue weighted by atomic mass is 32.2. The first-order valence-corrected chi connectivity index (χ1v) is 10.5. The zero-order valence-corrected chi connectivity index (χ0v) is 15.8. The molecule has 1 aliphatic rings. The predicted octanol–water partition coefficient (Wildman–Crippen LogP) is -0.303. The largest absolute Gasteiger partial charge is 0.364 e. The Kier molecular flexibility index (Phi) is 7.66. The van der Waals surface area contributed by atoms with Gasteiger partial charge in [0.2, 0.25) is 10.0 Å². The number of nitrogens with one attached hydrogen (secondary N) is 2. The van der Waals surface area contributed by atoms with Crippen LogP contribution in [-0.4, -0.2) is 81.4 Å². The van der Waals surface area contributed by atoms with Crippen LogP contribution < -0.4 is 10.0 Å². The van der Waals surface area contributed by atoms with Gasteiger partial charge in [0.05, 0.1) is 11.9 Å². The molecule has 1 aromatic heterocycles. The average Bonchev–Trinajstić information content (AvgIpc) is 3.06. The number of piperazine rings is 1. The summed E-state index contributed by atoms with van der Waals surface area (Å²) in [5.41, 5.74) is 0.951. The summed E-state index contributed by atoms with van der Waals surface area (Å²) in [7, 11) is -3.13. The van der Waals surface area contributed by atoms with E-state index in [1.807, 2.05) is 13.0 Å². The molecule has 0 atom stereocenters. The Morgan fingerprint density at radius 3 is 2.72 bits per heavy atom. The molecule has 1 aliphatic heterocycles. The second-order valence-corrected chi connectivity index (χ2v) is 7.84. The highest BCUT2D eigenvalue weighted by Crippen LogP contribution is 2.07. The molecule has 2 heterocycles. The molecular weight excluding hydrogens is 344 g/mol. The van der Waals surface area contributed by atoms with Gasteiger partial charge in [-0.1, -0.05) is 5.16 Å². The molecule has 1 aromatic rings. The van der Waals surface area contributed by atoms with Crippen molar-refractivity contribution in [2.75, 3.05) is 52.1 Å². The van der Waals surface area contributed by atoms with Crippen molar-refractivity contribution in [2.24, 2.45) is 4.99 Å². The van der Waals surface area contributed by atoms with Crippen LogP contribution in [0.25, 0.3) is 0 Å². The van der Waals surface area contributed by atoms with E-state index in [2.05, 4.69) is 30.0 Å². The van der Waals surface area contributed by atoms with E-state index in [-0.39, 0.29) is 0 Å². The summed E-state index contributed by atoms with van der Waals surface area (Å²) in [5, 5.41) is 7.27. The molecular formula is C15H28N6O3S. The molecule has 10 heteroatoms. The Morgan fingerprint density at radius 1 is 1.36 bits per heavy atom. The van der Waals surface area contributed by atoms with Crippen molar-refractivity contribution in [3.8, 4) is 0 Å². The van der Waals surface area contributed by atoms with Crippen molar-refractivity contribution < 1.29 is 12.9 Å². The number of guanidine groups is 1. The Labute approximate surface area is 149 Å². The highest BCUT2D eigenvalue weighted by molar-refractivity contribution is 7.88. The highest BCUT2D eigenvalue weighted by Gasteiger charge is 2.20. The summed E-state index contributed by atoms with van der Waals surface area (Å²) in [6.45, 7) is 8.31. The van der Waals surface area contributed by atoms with Crippen molar-refractivity contribution >= 4 is 16.0 Å². The summed E-state index contributed by atoms with van der Waals surface area (Å²) >= 11 is 0. The molecule has 0 amide bonds. The molecule has 2 N–H and O–H groups in total. The zero-order valence-electron chi connectivity index (χ0n) is 14.9. The first kappa shape index (κ1) is 19.7. The predicted molar refractivity (Wildman–Crippen MR) is 96.8 cm³/mol. The lowest BCUT2D eigenvalue weighted by molar-refractivity contribution is 0.169. The van der Waals surface area contributed by atoms with Gasteiger partial charge in [0, 0.05) is 58.4 Å². The van der Waals surface area contributed by atoms with Gasteiger partial charge < -0.3 is 14.7 Å². The number of sulfonamides is 1. The maximum atomic E-state index is 11.0. The lowest BCUT2D eigenvalue weighted by Crippen LogP contribution is -2.52. The van der Waals surface area contributed by atoms with Gasteiger partial charge in [-0.15, -0.1) is 0 Å². The molecule has 142 valence electrons. The van der Waals surface area contributed by atoms with Crippen molar-refractivity contribution in [3.63, 3.8) is 0 Å². The normalized spacial score (nSPS) is 17.0. The fourth-order valence-corrected chi connectivity index (χ4v) is 3.13.